The molecule has 2 aromatic carbocycles. The summed E-state index contributed by atoms with van der Waals surface area (Å²) in [6, 6.07) is 9.51. The van der Waals surface area contributed by atoms with Gasteiger partial charge in [0.1, 0.15) is 0 Å². The molecule has 0 saturated carbocycles. The summed E-state index contributed by atoms with van der Waals surface area (Å²) in [4.78, 5) is 12.0. The second-order valence-corrected chi connectivity index (χ2v) is 4.81. The van der Waals surface area contributed by atoms with E-state index >= 15 is 0 Å². The number of carbonyl (C=O) groups excluding carboxylic acids is 1. The molecule has 5 heteroatoms. The van der Waals surface area contributed by atoms with Gasteiger partial charge in [0, 0.05) is 10.6 Å². The maximum Gasteiger partial charge on any atom is 0.251 e. The van der Waals surface area contributed by atoms with Gasteiger partial charge in [-0.3, -0.25) is 4.79 Å². The lowest BCUT2D eigenvalue weighted by Crippen LogP contribution is -2.26. The summed E-state index contributed by atoms with van der Waals surface area (Å²) in [7, 11) is 0. The number of hydrogen-bond donors (Lipinski definition) is 1. The lowest BCUT2D eigenvalue weighted by atomic mass is 10.1. The van der Waals surface area contributed by atoms with Crippen LogP contribution >= 0.6 is 11.6 Å². The molecule has 0 aliphatic carbocycles. The van der Waals surface area contributed by atoms with E-state index in [9.17, 15) is 13.6 Å². The van der Waals surface area contributed by atoms with Crippen molar-refractivity contribution in [2.75, 3.05) is 0 Å². The standard InChI is InChI=1S/C15H12ClF2NO/c1-9(11-4-7-13(17)14(18)8-11)19-15(20)10-2-5-12(16)6-3-10/h2-9H,1H3,(H,19,20). The highest BCUT2D eigenvalue weighted by molar-refractivity contribution is 6.30. The minimum Gasteiger partial charge on any atom is -0.346 e. The van der Waals surface area contributed by atoms with E-state index in [1.165, 1.54) is 6.07 Å². The lowest BCUT2D eigenvalue weighted by Gasteiger charge is -2.14. The molecule has 104 valence electrons. The van der Waals surface area contributed by atoms with Gasteiger partial charge in [-0.2, -0.15) is 0 Å². The molecule has 1 amide bonds. The summed E-state index contributed by atoms with van der Waals surface area (Å²) < 4.78 is 26.0. The van der Waals surface area contributed by atoms with E-state index < -0.39 is 17.7 Å². The maximum atomic E-state index is 13.1. The topological polar surface area (TPSA) is 29.1 Å². The Kier molecular flexibility index (Phi) is 4.35. The van der Waals surface area contributed by atoms with Gasteiger partial charge in [0.2, 0.25) is 0 Å². The van der Waals surface area contributed by atoms with Crippen LogP contribution in [0.1, 0.15) is 28.9 Å². The summed E-state index contributed by atoms with van der Waals surface area (Å²) in [5.41, 5.74) is 0.940. The molecular formula is C15H12ClF2NO. The molecule has 1 N–H and O–H groups in total. The molecule has 2 nitrogen and oxygen atoms in total. The van der Waals surface area contributed by atoms with Crippen molar-refractivity contribution in [3.8, 4) is 0 Å². The van der Waals surface area contributed by atoms with Crippen LogP contribution in [0.2, 0.25) is 5.02 Å². The van der Waals surface area contributed by atoms with Crippen molar-refractivity contribution in [1.29, 1.82) is 0 Å². The molecule has 2 rings (SSSR count). The van der Waals surface area contributed by atoms with Gasteiger partial charge in [0.25, 0.3) is 5.91 Å². The normalized spacial score (nSPS) is 12.0. The van der Waals surface area contributed by atoms with Gasteiger partial charge >= 0.3 is 0 Å². The van der Waals surface area contributed by atoms with Gasteiger partial charge in [-0.25, -0.2) is 8.78 Å². The molecular weight excluding hydrogens is 284 g/mol. The summed E-state index contributed by atoms with van der Waals surface area (Å²) in [5, 5.41) is 3.24. The quantitative estimate of drug-likeness (QED) is 0.907. The Morgan fingerprint density at radius 1 is 1.10 bits per heavy atom. The largest absolute Gasteiger partial charge is 0.346 e. The second kappa shape index (κ2) is 6.01. The van der Waals surface area contributed by atoms with Gasteiger partial charge in [-0.1, -0.05) is 17.7 Å². The molecule has 0 spiro atoms. The molecule has 0 bridgehead atoms. The number of benzene rings is 2. The van der Waals surface area contributed by atoms with E-state index in [4.69, 9.17) is 11.6 Å². The molecule has 0 radical (unpaired) electrons. The third kappa shape index (κ3) is 3.33. The molecule has 1 atom stereocenters. The molecule has 0 heterocycles. The highest BCUT2D eigenvalue weighted by Gasteiger charge is 2.13. The third-order valence-corrected chi connectivity index (χ3v) is 3.15. The smallest absolute Gasteiger partial charge is 0.251 e. The van der Waals surface area contributed by atoms with Crippen LogP contribution in [0.25, 0.3) is 0 Å². The predicted octanol–water partition coefficient (Wildman–Crippen LogP) is 4.11. The SMILES string of the molecule is CC(NC(=O)c1ccc(Cl)cc1)c1ccc(F)c(F)c1. The van der Waals surface area contributed by atoms with Crippen LogP contribution < -0.4 is 5.32 Å². The van der Waals surface area contributed by atoms with E-state index in [1.54, 1.807) is 31.2 Å². The number of nitrogens with one attached hydrogen (secondary N) is 1. The van der Waals surface area contributed by atoms with E-state index in [2.05, 4.69) is 5.32 Å². The van der Waals surface area contributed by atoms with E-state index in [0.29, 0.717) is 16.1 Å². The Morgan fingerprint density at radius 2 is 1.75 bits per heavy atom. The zero-order valence-corrected chi connectivity index (χ0v) is 11.4. The van der Waals surface area contributed by atoms with Crippen molar-refractivity contribution in [3.63, 3.8) is 0 Å². The summed E-state index contributed by atoms with van der Waals surface area (Å²) in [6.07, 6.45) is 0. The number of carbonyl (C=O) groups is 1. The van der Waals surface area contributed by atoms with Crippen molar-refractivity contribution in [3.05, 3.63) is 70.2 Å². The fraction of sp³-hybridized carbons (Fsp3) is 0.133. The Bertz CT molecular complexity index is 628. The molecule has 0 aliphatic heterocycles. The summed E-state index contributed by atoms with van der Waals surface area (Å²) in [5.74, 6) is -2.15. The minimum atomic E-state index is -0.935. The van der Waals surface area contributed by atoms with Crippen molar-refractivity contribution < 1.29 is 13.6 Å². The van der Waals surface area contributed by atoms with Crippen LogP contribution in [0.3, 0.4) is 0 Å². The lowest BCUT2D eigenvalue weighted by molar-refractivity contribution is 0.0940. The van der Waals surface area contributed by atoms with Crippen LogP contribution in [0.5, 0.6) is 0 Å². The summed E-state index contributed by atoms with van der Waals surface area (Å²) in [6.45, 7) is 1.69. The summed E-state index contributed by atoms with van der Waals surface area (Å²) >= 11 is 5.74. The van der Waals surface area contributed by atoms with Crippen molar-refractivity contribution in [2.45, 2.75) is 13.0 Å². The molecule has 0 saturated heterocycles. The van der Waals surface area contributed by atoms with E-state index in [1.807, 2.05) is 0 Å². The van der Waals surface area contributed by atoms with Crippen molar-refractivity contribution in [2.24, 2.45) is 0 Å². The Labute approximate surface area is 120 Å². The zero-order chi connectivity index (χ0) is 14.7. The average molecular weight is 296 g/mol. The zero-order valence-electron chi connectivity index (χ0n) is 10.7. The first kappa shape index (κ1) is 14.5. The highest BCUT2D eigenvalue weighted by Crippen LogP contribution is 2.17. The third-order valence-electron chi connectivity index (χ3n) is 2.90. The van der Waals surface area contributed by atoms with Gasteiger partial charge in [0.15, 0.2) is 11.6 Å². The Hall–Kier alpha value is -1.94. The van der Waals surface area contributed by atoms with Crippen molar-refractivity contribution >= 4 is 17.5 Å². The molecule has 20 heavy (non-hydrogen) atoms. The Balaban J connectivity index is 2.10. The predicted molar refractivity (Wildman–Crippen MR) is 73.7 cm³/mol. The molecule has 1 unspecified atom stereocenters. The first-order chi connectivity index (χ1) is 9.47. The van der Waals surface area contributed by atoms with Crippen LogP contribution in [-0.2, 0) is 0 Å². The van der Waals surface area contributed by atoms with Gasteiger partial charge in [-0.05, 0) is 48.9 Å². The van der Waals surface area contributed by atoms with Gasteiger partial charge in [0.05, 0.1) is 6.04 Å². The van der Waals surface area contributed by atoms with Gasteiger partial charge in [-0.15, -0.1) is 0 Å². The highest BCUT2D eigenvalue weighted by atomic mass is 35.5. The number of amides is 1. The Morgan fingerprint density at radius 3 is 2.35 bits per heavy atom. The van der Waals surface area contributed by atoms with E-state index in [-0.39, 0.29) is 5.91 Å². The monoisotopic (exact) mass is 295 g/mol. The maximum absolute atomic E-state index is 13.1. The molecule has 0 aliphatic rings. The van der Waals surface area contributed by atoms with Crippen molar-refractivity contribution in [1.82, 2.24) is 5.32 Å². The molecule has 0 aromatic heterocycles. The second-order valence-electron chi connectivity index (χ2n) is 4.38. The fourth-order valence-electron chi connectivity index (χ4n) is 1.75. The average Bonchev–Trinajstić information content (AvgIpc) is 2.42. The number of hydrogen-bond acceptors (Lipinski definition) is 1. The minimum absolute atomic E-state index is 0.307. The van der Waals surface area contributed by atoms with Crippen LogP contribution in [0.15, 0.2) is 42.5 Å². The first-order valence-electron chi connectivity index (χ1n) is 5.99. The van der Waals surface area contributed by atoms with Crippen LogP contribution in [-0.4, -0.2) is 5.91 Å². The number of halogens is 3. The fourth-order valence-corrected chi connectivity index (χ4v) is 1.87. The van der Waals surface area contributed by atoms with Gasteiger partial charge < -0.3 is 5.32 Å². The molecule has 2 aromatic rings. The van der Waals surface area contributed by atoms with E-state index in [0.717, 1.165) is 12.1 Å². The van der Waals surface area contributed by atoms with Crippen LogP contribution in [0.4, 0.5) is 8.78 Å². The molecule has 0 fully saturated rings. The number of rotatable bonds is 3. The first-order valence-corrected chi connectivity index (χ1v) is 6.36. The van der Waals surface area contributed by atoms with Crippen LogP contribution in [0, 0.1) is 11.6 Å².